The smallest absolute Gasteiger partial charge is 0.258 e. The lowest BCUT2D eigenvalue weighted by atomic mass is 9.95. The van der Waals surface area contributed by atoms with Crippen molar-refractivity contribution in [2.24, 2.45) is 0 Å². The summed E-state index contributed by atoms with van der Waals surface area (Å²) in [5.41, 5.74) is 2.87. The van der Waals surface area contributed by atoms with Crippen molar-refractivity contribution in [3.63, 3.8) is 0 Å². The van der Waals surface area contributed by atoms with E-state index in [-0.39, 0.29) is 11.8 Å². The second-order valence-corrected chi connectivity index (χ2v) is 9.08. The average molecular weight is 485 g/mol. The molecule has 0 spiro atoms. The van der Waals surface area contributed by atoms with Gasteiger partial charge >= 0.3 is 0 Å². The number of benzene rings is 2. The lowest BCUT2D eigenvalue weighted by Crippen LogP contribution is -2.18. The molecule has 7 heteroatoms. The number of carbonyl (C=O) groups excluding carboxylic acids is 2. The first-order chi connectivity index (χ1) is 14.5. The van der Waals surface area contributed by atoms with Crippen molar-refractivity contribution < 1.29 is 14.3 Å². The summed E-state index contributed by atoms with van der Waals surface area (Å²) >= 11 is 4.89. The largest absolute Gasteiger partial charge is 0.497 e. The SMILES string of the molecule is COc1ccc(NC(=O)c2c(NC(=O)c3ccc(Br)cc3)sc3c2CCCC3)cc1. The van der Waals surface area contributed by atoms with Gasteiger partial charge in [0, 0.05) is 20.6 Å². The van der Waals surface area contributed by atoms with Gasteiger partial charge in [0.1, 0.15) is 10.8 Å². The van der Waals surface area contributed by atoms with E-state index in [0.29, 0.717) is 21.8 Å². The summed E-state index contributed by atoms with van der Waals surface area (Å²) in [6.07, 6.45) is 3.95. The number of nitrogens with one attached hydrogen (secondary N) is 2. The number of methoxy groups -OCH3 is 1. The molecule has 1 aliphatic carbocycles. The van der Waals surface area contributed by atoms with E-state index in [1.807, 2.05) is 12.1 Å². The zero-order valence-corrected chi connectivity index (χ0v) is 18.9. The molecule has 2 aromatic carbocycles. The summed E-state index contributed by atoms with van der Waals surface area (Å²) in [5.74, 6) is 0.300. The second-order valence-electron chi connectivity index (χ2n) is 7.06. The van der Waals surface area contributed by atoms with E-state index in [0.717, 1.165) is 41.5 Å². The first kappa shape index (κ1) is 20.6. The first-order valence-corrected chi connectivity index (χ1v) is 11.3. The number of aryl methyl sites for hydroxylation is 1. The molecule has 0 bridgehead atoms. The Labute approximate surface area is 187 Å². The number of carbonyl (C=O) groups is 2. The number of rotatable bonds is 5. The van der Waals surface area contributed by atoms with Crippen LogP contribution in [0.5, 0.6) is 5.75 Å². The molecule has 1 heterocycles. The summed E-state index contributed by atoms with van der Waals surface area (Å²) in [6.45, 7) is 0. The molecule has 0 fully saturated rings. The highest BCUT2D eigenvalue weighted by Gasteiger charge is 2.26. The van der Waals surface area contributed by atoms with Crippen molar-refractivity contribution in [2.45, 2.75) is 25.7 Å². The van der Waals surface area contributed by atoms with Gasteiger partial charge in [-0.25, -0.2) is 0 Å². The van der Waals surface area contributed by atoms with Crippen molar-refractivity contribution in [1.82, 2.24) is 0 Å². The Kier molecular flexibility index (Phi) is 6.20. The summed E-state index contributed by atoms with van der Waals surface area (Å²) in [5, 5.41) is 6.55. The molecule has 0 atom stereocenters. The summed E-state index contributed by atoms with van der Waals surface area (Å²) in [4.78, 5) is 27.2. The summed E-state index contributed by atoms with van der Waals surface area (Å²) < 4.78 is 6.08. The van der Waals surface area contributed by atoms with Crippen LogP contribution in [0.15, 0.2) is 53.0 Å². The van der Waals surface area contributed by atoms with Gasteiger partial charge in [0.25, 0.3) is 11.8 Å². The fourth-order valence-electron chi connectivity index (χ4n) is 3.54. The van der Waals surface area contributed by atoms with Crippen molar-refractivity contribution in [3.05, 3.63) is 74.6 Å². The summed E-state index contributed by atoms with van der Waals surface area (Å²) in [6, 6.07) is 14.4. The molecule has 2 N–H and O–H groups in total. The van der Waals surface area contributed by atoms with E-state index in [4.69, 9.17) is 4.74 Å². The van der Waals surface area contributed by atoms with Gasteiger partial charge in [0.05, 0.1) is 12.7 Å². The van der Waals surface area contributed by atoms with Crippen molar-refractivity contribution in [2.75, 3.05) is 17.7 Å². The predicted molar refractivity (Wildman–Crippen MR) is 124 cm³/mol. The van der Waals surface area contributed by atoms with Gasteiger partial charge in [-0.05, 0) is 79.8 Å². The average Bonchev–Trinajstić information content (AvgIpc) is 3.12. The molecule has 3 aromatic rings. The van der Waals surface area contributed by atoms with Crippen LogP contribution in [0.25, 0.3) is 0 Å². The molecule has 154 valence electrons. The quantitative estimate of drug-likeness (QED) is 0.473. The Morgan fingerprint density at radius 3 is 2.33 bits per heavy atom. The third kappa shape index (κ3) is 4.42. The molecule has 4 rings (SSSR count). The maximum Gasteiger partial charge on any atom is 0.258 e. The molecular formula is C23H21BrN2O3S. The van der Waals surface area contributed by atoms with E-state index >= 15 is 0 Å². The van der Waals surface area contributed by atoms with Gasteiger partial charge in [-0.1, -0.05) is 15.9 Å². The Balaban J connectivity index is 1.62. The van der Waals surface area contributed by atoms with E-state index in [2.05, 4.69) is 26.6 Å². The molecule has 0 radical (unpaired) electrons. The predicted octanol–water partition coefficient (Wildman–Crippen LogP) is 5.90. The molecule has 0 aliphatic heterocycles. The lowest BCUT2D eigenvalue weighted by molar-refractivity contribution is 0.102. The van der Waals surface area contributed by atoms with Crippen molar-refractivity contribution in [1.29, 1.82) is 0 Å². The maximum absolute atomic E-state index is 13.2. The van der Waals surface area contributed by atoms with Crippen molar-refractivity contribution in [3.8, 4) is 5.75 Å². The molecule has 5 nitrogen and oxygen atoms in total. The number of thiophene rings is 1. The zero-order valence-electron chi connectivity index (χ0n) is 16.5. The van der Waals surface area contributed by atoms with Crippen LogP contribution in [-0.4, -0.2) is 18.9 Å². The van der Waals surface area contributed by atoms with Gasteiger partial charge < -0.3 is 15.4 Å². The topological polar surface area (TPSA) is 67.4 Å². The standard InChI is InChI=1S/C23H21BrN2O3S/c1-29-17-12-10-16(11-13-17)25-22(28)20-18-4-2-3-5-19(18)30-23(20)26-21(27)14-6-8-15(24)9-7-14/h6-13H,2-5H2,1H3,(H,25,28)(H,26,27). The molecule has 2 amide bonds. The molecule has 0 unspecified atom stereocenters. The highest BCUT2D eigenvalue weighted by atomic mass is 79.9. The van der Waals surface area contributed by atoms with Crippen LogP contribution in [0.3, 0.4) is 0 Å². The minimum absolute atomic E-state index is 0.203. The molecule has 1 aliphatic rings. The van der Waals surface area contributed by atoms with Crippen LogP contribution in [0, 0.1) is 0 Å². The first-order valence-electron chi connectivity index (χ1n) is 9.72. The van der Waals surface area contributed by atoms with Crippen LogP contribution >= 0.6 is 27.3 Å². The van der Waals surface area contributed by atoms with Crippen LogP contribution in [-0.2, 0) is 12.8 Å². The normalized spacial score (nSPS) is 12.7. The number of fused-ring (bicyclic) bond motifs is 1. The number of ether oxygens (including phenoxy) is 1. The fourth-order valence-corrected chi connectivity index (χ4v) is 5.08. The molecule has 0 saturated carbocycles. The minimum Gasteiger partial charge on any atom is -0.497 e. The number of halogens is 1. The van der Waals surface area contributed by atoms with Gasteiger partial charge in [-0.3, -0.25) is 9.59 Å². The number of amides is 2. The van der Waals surface area contributed by atoms with Crippen LogP contribution in [0.1, 0.15) is 44.0 Å². The van der Waals surface area contributed by atoms with Crippen LogP contribution in [0.2, 0.25) is 0 Å². The maximum atomic E-state index is 13.2. The van der Waals surface area contributed by atoms with E-state index in [1.54, 1.807) is 43.5 Å². The van der Waals surface area contributed by atoms with Crippen LogP contribution in [0.4, 0.5) is 10.7 Å². The second kappa shape index (κ2) is 9.02. The highest BCUT2D eigenvalue weighted by molar-refractivity contribution is 9.10. The van der Waals surface area contributed by atoms with E-state index in [9.17, 15) is 9.59 Å². The van der Waals surface area contributed by atoms with Crippen LogP contribution < -0.4 is 15.4 Å². The van der Waals surface area contributed by atoms with Gasteiger partial charge in [0.2, 0.25) is 0 Å². The van der Waals surface area contributed by atoms with Gasteiger partial charge in [0.15, 0.2) is 0 Å². The van der Waals surface area contributed by atoms with Crippen molar-refractivity contribution >= 4 is 49.8 Å². The Hall–Kier alpha value is -2.64. The molecule has 0 saturated heterocycles. The van der Waals surface area contributed by atoms with E-state index < -0.39 is 0 Å². The Morgan fingerprint density at radius 2 is 1.63 bits per heavy atom. The van der Waals surface area contributed by atoms with Gasteiger partial charge in [-0.15, -0.1) is 11.3 Å². The Bertz CT molecular complexity index is 1080. The molecule has 30 heavy (non-hydrogen) atoms. The molecule has 1 aromatic heterocycles. The van der Waals surface area contributed by atoms with E-state index in [1.165, 1.54) is 16.2 Å². The highest BCUT2D eigenvalue weighted by Crippen LogP contribution is 2.39. The number of anilines is 2. The lowest BCUT2D eigenvalue weighted by Gasteiger charge is -2.13. The molecular weight excluding hydrogens is 464 g/mol. The Morgan fingerprint density at radius 1 is 0.933 bits per heavy atom. The van der Waals surface area contributed by atoms with Gasteiger partial charge in [-0.2, -0.15) is 0 Å². The minimum atomic E-state index is -0.223. The third-order valence-electron chi connectivity index (χ3n) is 5.08. The zero-order chi connectivity index (χ0) is 21.1. The fraction of sp³-hybridized carbons (Fsp3) is 0.217. The summed E-state index contributed by atoms with van der Waals surface area (Å²) in [7, 11) is 1.60. The number of hydrogen-bond donors (Lipinski definition) is 2. The third-order valence-corrected chi connectivity index (χ3v) is 6.82. The monoisotopic (exact) mass is 484 g/mol. The number of hydrogen-bond acceptors (Lipinski definition) is 4.